The van der Waals surface area contributed by atoms with Gasteiger partial charge in [-0.2, -0.15) is 0 Å². The molecule has 3 heteroatoms. The van der Waals surface area contributed by atoms with Crippen LogP contribution in [0.5, 0.6) is 0 Å². The van der Waals surface area contributed by atoms with E-state index in [0.29, 0.717) is 0 Å². The number of hydrogen-bond donors (Lipinski definition) is 1. The monoisotopic (exact) mass is 247 g/mol. The fourth-order valence-corrected chi connectivity index (χ4v) is 2.47. The molecule has 18 heavy (non-hydrogen) atoms. The van der Waals surface area contributed by atoms with Crippen molar-refractivity contribution >= 4 is 0 Å². The van der Waals surface area contributed by atoms with Crippen molar-refractivity contribution in [2.75, 3.05) is 6.54 Å². The lowest BCUT2D eigenvalue weighted by Gasteiger charge is -2.22. The van der Waals surface area contributed by atoms with Crippen LogP contribution in [0.1, 0.15) is 56.9 Å². The van der Waals surface area contributed by atoms with Gasteiger partial charge in [-0.05, 0) is 11.8 Å². The Kier molecular flexibility index (Phi) is 4.00. The minimum absolute atomic E-state index is 0.255. The molecule has 0 spiro atoms. The van der Waals surface area contributed by atoms with Crippen LogP contribution in [-0.2, 0) is 25.8 Å². The average molecular weight is 247 g/mol. The van der Waals surface area contributed by atoms with Crippen LogP contribution >= 0.6 is 0 Å². The summed E-state index contributed by atoms with van der Waals surface area (Å²) in [5, 5.41) is 3.43. The lowest BCUT2D eigenvalue weighted by Crippen LogP contribution is -2.28. The summed E-state index contributed by atoms with van der Waals surface area (Å²) in [5.41, 5.74) is 4.17. The molecule has 0 atom stereocenters. The maximum atomic E-state index is 4.81. The van der Waals surface area contributed by atoms with Crippen LogP contribution < -0.4 is 5.32 Å². The number of rotatable bonds is 3. The van der Waals surface area contributed by atoms with E-state index in [2.05, 4.69) is 33.0 Å². The highest BCUT2D eigenvalue weighted by Gasteiger charge is 2.19. The van der Waals surface area contributed by atoms with E-state index in [1.54, 1.807) is 0 Å². The lowest BCUT2D eigenvalue weighted by molar-refractivity contribution is 0.398. The molecule has 0 amide bonds. The van der Waals surface area contributed by atoms with Crippen molar-refractivity contribution in [3.05, 3.63) is 22.8 Å². The molecule has 1 aliphatic heterocycles. The molecule has 0 saturated carbocycles. The largest absolute Gasteiger partial charge is 0.312 e. The van der Waals surface area contributed by atoms with Gasteiger partial charge in [-0.25, -0.2) is 9.97 Å². The van der Waals surface area contributed by atoms with E-state index >= 15 is 0 Å². The summed E-state index contributed by atoms with van der Waals surface area (Å²) >= 11 is 0. The zero-order chi connectivity index (χ0) is 13.2. The van der Waals surface area contributed by atoms with Crippen molar-refractivity contribution in [3.63, 3.8) is 0 Å². The molecular formula is C15H25N3. The van der Waals surface area contributed by atoms with Crippen LogP contribution in [0.2, 0.25) is 0 Å². The zero-order valence-electron chi connectivity index (χ0n) is 12.1. The predicted octanol–water partition coefficient (Wildman–Crippen LogP) is 2.66. The van der Waals surface area contributed by atoms with Gasteiger partial charge in [0, 0.05) is 37.2 Å². The Bertz CT molecular complexity index is 418. The zero-order valence-corrected chi connectivity index (χ0v) is 12.1. The molecule has 0 radical (unpaired) electrons. The second-order valence-corrected chi connectivity index (χ2v) is 6.43. The van der Waals surface area contributed by atoms with Gasteiger partial charge in [0.25, 0.3) is 0 Å². The Morgan fingerprint density at radius 1 is 1.22 bits per heavy atom. The van der Waals surface area contributed by atoms with Crippen LogP contribution in [0.25, 0.3) is 0 Å². The summed E-state index contributed by atoms with van der Waals surface area (Å²) in [5.74, 6) is 1.03. The van der Waals surface area contributed by atoms with E-state index in [4.69, 9.17) is 9.97 Å². The van der Waals surface area contributed by atoms with Gasteiger partial charge >= 0.3 is 0 Å². The number of nitrogens with one attached hydrogen (secondary N) is 1. The fraction of sp³-hybridized carbons (Fsp3) is 0.733. The first-order chi connectivity index (χ1) is 8.49. The third kappa shape index (κ3) is 3.29. The van der Waals surface area contributed by atoms with E-state index in [1.807, 2.05) is 0 Å². The van der Waals surface area contributed by atoms with E-state index in [9.17, 15) is 0 Å². The topological polar surface area (TPSA) is 37.8 Å². The Hall–Kier alpha value is -0.960. The highest BCUT2D eigenvalue weighted by Crippen LogP contribution is 2.22. The maximum Gasteiger partial charge on any atom is 0.129 e. The number of aryl methyl sites for hydroxylation is 1. The molecule has 1 aromatic heterocycles. The van der Waals surface area contributed by atoms with Crippen molar-refractivity contribution < 1.29 is 0 Å². The molecule has 1 aliphatic rings. The minimum Gasteiger partial charge on any atom is -0.312 e. The quantitative estimate of drug-likeness (QED) is 0.892. The molecule has 2 rings (SSSR count). The van der Waals surface area contributed by atoms with E-state index in [0.717, 1.165) is 44.6 Å². The van der Waals surface area contributed by atoms with Crippen molar-refractivity contribution in [2.24, 2.45) is 5.41 Å². The average Bonchev–Trinajstić information content (AvgIpc) is 2.27. The SMILES string of the molecule is CCCc1nc(CC(C)(C)C)nc2c1CNCC2. The lowest BCUT2D eigenvalue weighted by atomic mass is 9.91. The van der Waals surface area contributed by atoms with Crippen LogP contribution in [-0.4, -0.2) is 16.5 Å². The maximum absolute atomic E-state index is 4.81. The van der Waals surface area contributed by atoms with E-state index < -0.39 is 0 Å². The molecule has 1 aromatic rings. The Labute approximate surface area is 110 Å². The Balaban J connectivity index is 2.35. The van der Waals surface area contributed by atoms with Crippen molar-refractivity contribution in [3.8, 4) is 0 Å². The first kappa shape index (κ1) is 13.5. The fourth-order valence-electron chi connectivity index (χ4n) is 2.47. The van der Waals surface area contributed by atoms with Crippen LogP contribution in [0, 0.1) is 5.41 Å². The van der Waals surface area contributed by atoms with Gasteiger partial charge in [-0.15, -0.1) is 0 Å². The van der Waals surface area contributed by atoms with Crippen molar-refractivity contribution in [1.29, 1.82) is 0 Å². The van der Waals surface area contributed by atoms with Gasteiger partial charge in [-0.1, -0.05) is 34.1 Å². The molecule has 0 saturated heterocycles. The summed E-state index contributed by atoms with van der Waals surface area (Å²) in [6, 6.07) is 0. The number of aromatic nitrogens is 2. The molecule has 0 aromatic carbocycles. The van der Waals surface area contributed by atoms with Crippen LogP contribution in [0.3, 0.4) is 0 Å². The van der Waals surface area contributed by atoms with Gasteiger partial charge in [0.2, 0.25) is 0 Å². The van der Waals surface area contributed by atoms with E-state index in [1.165, 1.54) is 17.0 Å². The summed E-state index contributed by atoms with van der Waals surface area (Å²) in [6.07, 6.45) is 4.23. The number of fused-ring (bicyclic) bond motifs is 1. The molecule has 0 aliphatic carbocycles. The standard InChI is InChI=1S/C15H25N3/c1-5-6-12-11-10-16-8-7-13(11)18-14(17-12)9-15(2,3)4/h16H,5-10H2,1-4H3. The van der Waals surface area contributed by atoms with E-state index in [-0.39, 0.29) is 5.41 Å². The molecule has 3 nitrogen and oxygen atoms in total. The molecule has 1 N–H and O–H groups in total. The number of hydrogen-bond acceptors (Lipinski definition) is 3. The third-order valence-corrected chi connectivity index (χ3v) is 3.24. The van der Waals surface area contributed by atoms with Gasteiger partial charge < -0.3 is 5.32 Å². The summed E-state index contributed by atoms with van der Waals surface area (Å²) in [6.45, 7) is 10.9. The smallest absolute Gasteiger partial charge is 0.129 e. The first-order valence-electron chi connectivity index (χ1n) is 7.08. The molecule has 2 heterocycles. The second kappa shape index (κ2) is 5.35. The Morgan fingerprint density at radius 2 is 2.00 bits per heavy atom. The van der Waals surface area contributed by atoms with Crippen molar-refractivity contribution in [1.82, 2.24) is 15.3 Å². The number of nitrogens with zero attached hydrogens (tertiary/aromatic N) is 2. The van der Waals surface area contributed by atoms with Gasteiger partial charge in [0.15, 0.2) is 0 Å². The highest BCUT2D eigenvalue weighted by molar-refractivity contribution is 5.28. The molecule has 0 unspecified atom stereocenters. The molecule has 100 valence electrons. The first-order valence-corrected chi connectivity index (χ1v) is 7.08. The van der Waals surface area contributed by atoms with Gasteiger partial charge in [-0.3, -0.25) is 0 Å². The third-order valence-electron chi connectivity index (χ3n) is 3.24. The summed E-state index contributed by atoms with van der Waals surface area (Å²) in [4.78, 5) is 9.60. The normalized spacial score (nSPS) is 15.6. The van der Waals surface area contributed by atoms with Crippen LogP contribution in [0.15, 0.2) is 0 Å². The van der Waals surface area contributed by atoms with Crippen molar-refractivity contribution in [2.45, 2.75) is 59.9 Å². The Morgan fingerprint density at radius 3 is 2.67 bits per heavy atom. The van der Waals surface area contributed by atoms with Crippen LogP contribution in [0.4, 0.5) is 0 Å². The minimum atomic E-state index is 0.255. The molecule has 0 fully saturated rings. The summed E-state index contributed by atoms with van der Waals surface area (Å²) in [7, 11) is 0. The van der Waals surface area contributed by atoms with Gasteiger partial charge in [0.1, 0.15) is 5.82 Å². The summed E-state index contributed by atoms with van der Waals surface area (Å²) < 4.78 is 0. The highest BCUT2D eigenvalue weighted by atomic mass is 14.9. The van der Waals surface area contributed by atoms with Gasteiger partial charge in [0.05, 0.1) is 5.69 Å². The molecule has 0 bridgehead atoms. The second-order valence-electron chi connectivity index (χ2n) is 6.43. The predicted molar refractivity (Wildman–Crippen MR) is 74.6 cm³/mol. The molecular weight excluding hydrogens is 222 g/mol.